The van der Waals surface area contributed by atoms with Crippen LogP contribution in [-0.4, -0.2) is 23.2 Å². The van der Waals surface area contributed by atoms with Crippen LogP contribution in [-0.2, 0) is 9.53 Å². The van der Waals surface area contributed by atoms with Crippen molar-refractivity contribution < 1.29 is 14.6 Å². The zero-order chi connectivity index (χ0) is 15.1. The van der Waals surface area contributed by atoms with Crippen LogP contribution in [0.5, 0.6) is 0 Å². The molecule has 110 valence electrons. The van der Waals surface area contributed by atoms with Crippen LogP contribution in [0.2, 0.25) is 0 Å². The summed E-state index contributed by atoms with van der Waals surface area (Å²) in [5.74, 6) is -1.19. The van der Waals surface area contributed by atoms with E-state index in [1.807, 2.05) is 45.0 Å². The van der Waals surface area contributed by atoms with Crippen molar-refractivity contribution in [2.45, 2.75) is 51.9 Å². The minimum Gasteiger partial charge on any atom is -0.480 e. The average Bonchev–Trinajstić information content (AvgIpc) is 2.38. The van der Waals surface area contributed by atoms with E-state index in [-0.39, 0.29) is 18.6 Å². The normalized spacial score (nSPS) is 14.0. The quantitative estimate of drug-likeness (QED) is 0.739. The largest absolute Gasteiger partial charge is 0.480 e. The van der Waals surface area contributed by atoms with Gasteiger partial charge < -0.3 is 9.84 Å². The predicted octanol–water partition coefficient (Wildman–Crippen LogP) is 3.46. The first kappa shape index (κ1) is 16.3. The van der Waals surface area contributed by atoms with Gasteiger partial charge in [-0.2, -0.15) is 0 Å². The number of nitrogens with zero attached hydrogens (tertiary/aromatic N) is 1. The van der Waals surface area contributed by atoms with E-state index in [4.69, 9.17) is 9.84 Å². The van der Waals surface area contributed by atoms with Crippen LogP contribution in [0.1, 0.15) is 43.9 Å². The van der Waals surface area contributed by atoms with Gasteiger partial charge in [0.2, 0.25) is 0 Å². The van der Waals surface area contributed by atoms with E-state index < -0.39 is 12.0 Å². The maximum Gasteiger partial charge on any atom is 0.332 e. The highest BCUT2D eigenvalue weighted by Gasteiger charge is 2.22. The minimum atomic E-state index is -1.21. The van der Waals surface area contributed by atoms with Crippen molar-refractivity contribution in [3.8, 4) is 0 Å². The average molecular weight is 279 g/mol. The van der Waals surface area contributed by atoms with Gasteiger partial charge in [-0.25, -0.2) is 4.79 Å². The van der Waals surface area contributed by atoms with Crippen molar-refractivity contribution in [2.24, 2.45) is 5.18 Å². The molecule has 0 saturated carbocycles. The highest BCUT2D eigenvalue weighted by Crippen LogP contribution is 2.26. The third kappa shape index (κ3) is 5.09. The summed E-state index contributed by atoms with van der Waals surface area (Å²) in [6.45, 7) is 5.85. The van der Waals surface area contributed by atoms with Crippen LogP contribution in [0, 0.1) is 11.8 Å². The third-order valence-electron chi connectivity index (χ3n) is 3.00. The van der Waals surface area contributed by atoms with E-state index in [2.05, 4.69) is 5.18 Å². The van der Waals surface area contributed by atoms with Crippen molar-refractivity contribution in [3.63, 3.8) is 0 Å². The number of nitroso groups, excluding NO2 is 1. The molecule has 5 nitrogen and oxygen atoms in total. The molecule has 1 N–H and O–H groups in total. The summed E-state index contributed by atoms with van der Waals surface area (Å²) in [5, 5.41) is 11.5. The summed E-state index contributed by atoms with van der Waals surface area (Å²) in [5.41, 5.74) is 2.13. The molecule has 1 rings (SSSR count). The Labute approximate surface area is 118 Å². The fourth-order valence-electron chi connectivity index (χ4n) is 1.95. The van der Waals surface area contributed by atoms with Crippen molar-refractivity contribution in [1.82, 2.24) is 0 Å². The maximum absolute atomic E-state index is 10.8. The van der Waals surface area contributed by atoms with Crippen LogP contribution in [0.25, 0.3) is 0 Å². The molecular formula is C15H21NO4. The highest BCUT2D eigenvalue weighted by molar-refractivity contribution is 5.73. The summed E-state index contributed by atoms with van der Waals surface area (Å²) < 4.78 is 5.81. The number of hydrogen-bond acceptors (Lipinski definition) is 4. The van der Waals surface area contributed by atoms with Crippen molar-refractivity contribution in [3.05, 3.63) is 40.3 Å². The van der Waals surface area contributed by atoms with E-state index in [0.717, 1.165) is 11.1 Å². The summed E-state index contributed by atoms with van der Waals surface area (Å²) in [6.07, 6.45) is 0.418. The lowest BCUT2D eigenvalue weighted by Gasteiger charge is -2.21. The zero-order valence-electron chi connectivity index (χ0n) is 12.1. The van der Waals surface area contributed by atoms with Crippen molar-refractivity contribution in [2.75, 3.05) is 0 Å². The Hall–Kier alpha value is -1.75. The molecule has 0 saturated heterocycles. The lowest BCUT2D eigenvalue weighted by Crippen LogP contribution is -2.19. The Morgan fingerprint density at radius 2 is 1.85 bits per heavy atom. The van der Waals surface area contributed by atoms with E-state index in [1.54, 1.807) is 0 Å². The molecule has 0 radical (unpaired) electrons. The number of carbonyl (C=O) groups is 1. The fraction of sp³-hybridized carbons (Fsp3) is 0.533. The highest BCUT2D eigenvalue weighted by atomic mass is 16.5. The lowest BCUT2D eigenvalue weighted by molar-refractivity contribution is -0.138. The van der Waals surface area contributed by atoms with Gasteiger partial charge in [0.25, 0.3) is 0 Å². The molecule has 5 heteroatoms. The van der Waals surface area contributed by atoms with Gasteiger partial charge in [-0.15, -0.1) is 4.91 Å². The Morgan fingerprint density at radius 3 is 2.30 bits per heavy atom. The molecule has 0 aliphatic carbocycles. The number of benzene rings is 1. The van der Waals surface area contributed by atoms with Gasteiger partial charge in [-0.1, -0.05) is 35.0 Å². The molecule has 0 spiro atoms. The third-order valence-corrected chi connectivity index (χ3v) is 3.00. The predicted molar refractivity (Wildman–Crippen MR) is 76.6 cm³/mol. The van der Waals surface area contributed by atoms with Crippen LogP contribution in [0.15, 0.2) is 29.4 Å². The molecule has 0 aliphatic rings. The fourth-order valence-corrected chi connectivity index (χ4v) is 1.95. The minimum absolute atomic E-state index is 0.0220. The first-order chi connectivity index (χ1) is 9.43. The van der Waals surface area contributed by atoms with E-state index in [9.17, 15) is 9.70 Å². The topological polar surface area (TPSA) is 76.0 Å². The van der Waals surface area contributed by atoms with Crippen LogP contribution < -0.4 is 0 Å². The monoisotopic (exact) mass is 279 g/mol. The van der Waals surface area contributed by atoms with Gasteiger partial charge in [-0.05, 0) is 39.2 Å². The van der Waals surface area contributed by atoms with Gasteiger partial charge in [0.1, 0.15) is 0 Å². The van der Waals surface area contributed by atoms with Crippen molar-refractivity contribution >= 4 is 5.97 Å². The molecule has 2 atom stereocenters. The molecule has 0 heterocycles. The summed E-state index contributed by atoms with van der Waals surface area (Å²) in [7, 11) is 0. The van der Waals surface area contributed by atoms with Gasteiger partial charge in [-0.3, -0.25) is 0 Å². The first-order valence-electron chi connectivity index (χ1n) is 6.71. The molecule has 0 aliphatic heterocycles. The number of rotatable bonds is 8. The number of ether oxygens (including phenoxy) is 1. The number of aliphatic carboxylic acids is 1. The molecule has 1 aromatic carbocycles. The molecule has 1 aromatic rings. The summed E-state index contributed by atoms with van der Waals surface area (Å²) >= 11 is 0. The smallest absolute Gasteiger partial charge is 0.332 e. The van der Waals surface area contributed by atoms with Crippen LogP contribution in [0.4, 0.5) is 0 Å². The second-order valence-corrected chi connectivity index (χ2v) is 5.12. The molecule has 20 heavy (non-hydrogen) atoms. The lowest BCUT2D eigenvalue weighted by atomic mass is 10.0. The van der Waals surface area contributed by atoms with E-state index >= 15 is 0 Å². The summed E-state index contributed by atoms with van der Waals surface area (Å²) in [6, 6.07) is 6.69. The number of aryl methyl sites for hydroxylation is 1. The maximum atomic E-state index is 10.8. The molecule has 0 bridgehead atoms. The van der Waals surface area contributed by atoms with Crippen molar-refractivity contribution in [1.29, 1.82) is 0 Å². The Balaban J connectivity index is 2.76. The van der Waals surface area contributed by atoms with E-state index in [0.29, 0.717) is 6.42 Å². The molecule has 0 aromatic heterocycles. The summed E-state index contributed by atoms with van der Waals surface area (Å²) in [4.78, 5) is 21.3. The Kier molecular flexibility index (Phi) is 6.31. The number of carboxylic acids is 1. The van der Waals surface area contributed by atoms with Gasteiger partial charge in [0.15, 0.2) is 6.04 Å². The Bertz CT molecular complexity index is 442. The van der Waals surface area contributed by atoms with Crippen LogP contribution in [0.3, 0.4) is 0 Å². The number of hydrogen-bond donors (Lipinski definition) is 1. The molecule has 2 unspecified atom stereocenters. The van der Waals surface area contributed by atoms with E-state index in [1.165, 1.54) is 0 Å². The SMILES string of the molecule is Cc1ccc(C(CCC(N=O)C(=O)O)OC(C)C)cc1. The molecular weight excluding hydrogens is 258 g/mol. The zero-order valence-corrected chi connectivity index (χ0v) is 12.1. The first-order valence-corrected chi connectivity index (χ1v) is 6.71. The second kappa shape index (κ2) is 7.75. The standard InChI is InChI=1S/C15H21NO4/c1-10(2)20-14(9-8-13(16-19)15(17)18)12-6-4-11(3)5-7-12/h4-7,10,13-14H,8-9H2,1-3H3,(H,17,18). The second-order valence-electron chi connectivity index (χ2n) is 5.12. The van der Waals surface area contributed by atoms with Crippen LogP contribution >= 0.6 is 0 Å². The van der Waals surface area contributed by atoms with Gasteiger partial charge in [0.05, 0.1) is 12.2 Å². The van der Waals surface area contributed by atoms with Gasteiger partial charge in [0, 0.05) is 0 Å². The van der Waals surface area contributed by atoms with Gasteiger partial charge >= 0.3 is 5.97 Å². The molecule has 0 amide bonds. The number of carboxylic acid groups (broad SMARTS) is 1. The molecule has 0 fully saturated rings. The Morgan fingerprint density at radius 1 is 1.25 bits per heavy atom.